The van der Waals surface area contributed by atoms with Gasteiger partial charge in [0, 0.05) is 16.1 Å². The molecular weight excluding hydrogens is 291 g/mol. The lowest BCUT2D eigenvalue weighted by atomic mass is 10.0. The lowest BCUT2D eigenvalue weighted by molar-refractivity contribution is 0.327. The predicted molar refractivity (Wildman–Crippen MR) is 87.8 cm³/mol. The fraction of sp³-hybridized carbons (Fsp3) is 0.625. The summed E-state index contributed by atoms with van der Waals surface area (Å²) in [7, 11) is 0. The first-order chi connectivity index (χ1) is 9.70. The minimum atomic E-state index is 0.318. The molecule has 1 N–H and O–H groups in total. The van der Waals surface area contributed by atoms with Gasteiger partial charge in [0.15, 0.2) is 0 Å². The van der Waals surface area contributed by atoms with Crippen molar-refractivity contribution in [3.05, 3.63) is 33.8 Å². The third-order valence-electron chi connectivity index (χ3n) is 3.99. The van der Waals surface area contributed by atoms with Crippen LogP contribution < -0.4 is 5.32 Å². The molecule has 0 aliphatic carbocycles. The van der Waals surface area contributed by atoms with Crippen molar-refractivity contribution >= 4 is 23.2 Å². The summed E-state index contributed by atoms with van der Waals surface area (Å²) >= 11 is 12.2. The molecule has 112 valence electrons. The highest BCUT2D eigenvalue weighted by atomic mass is 35.5. The molecule has 1 atom stereocenters. The van der Waals surface area contributed by atoms with Gasteiger partial charge in [0.1, 0.15) is 0 Å². The van der Waals surface area contributed by atoms with E-state index in [1.807, 2.05) is 18.2 Å². The zero-order chi connectivity index (χ0) is 14.4. The summed E-state index contributed by atoms with van der Waals surface area (Å²) in [5.74, 6) is 0. The maximum Gasteiger partial charge on any atom is 0.0468 e. The lowest BCUT2D eigenvalue weighted by Crippen LogP contribution is -2.27. The number of rotatable bonds is 7. The van der Waals surface area contributed by atoms with Gasteiger partial charge in [-0.25, -0.2) is 0 Å². The molecule has 1 unspecified atom stereocenters. The second kappa shape index (κ2) is 8.23. The molecule has 1 fully saturated rings. The molecule has 0 saturated carbocycles. The van der Waals surface area contributed by atoms with Gasteiger partial charge >= 0.3 is 0 Å². The highest BCUT2D eigenvalue weighted by Crippen LogP contribution is 2.27. The number of halogens is 2. The minimum absolute atomic E-state index is 0.318. The van der Waals surface area contributed by atoms with Gasteiger partial charge in [-0.3, -0.25) is 0 Å². The molecule has 1 aliphatic rings. The van der Waals surface area contributed by atoms with E-state index in [1.54, 1.807) is 0 Å². The maximum atomic E-state index is 6.29. The van der Waals surface area contributed by atoms with E-state index in [0.29, 0.717) is 11.1 Å². The van der Waals surface area contributed by atoms with Gasteiger partial charge in [-0.05, 0) is 69.6 Å². The molecule has 2 rings (SSSR count). The summed E-state index contributed by atoms with van der Waals surface area (Å²) in [6, 6.07) is 6.09. The van der Waals surface area contributed by atoms with E-state index >= 15 is 0 Å². The number of nitrogens with one attached hydrogen (secondary N) is 1. The largest absolute Gasteiger partial charge is 0.310 e. The predicted octanol–water partition coefficient (Wildman–Crippen LogP) is 4.52. The molecule has 1 aromatic carbocycles. The fourth-order valence-electron chi connectivity index (χ4n) is 2.84. The Hall–Kier alpha value is -0.280. The highest BCUT2D eigenvalue weighted by Gasteiger charge is 2.14. The molecule has 20 heavy (non-hydrogen) atoms. The summed E-state index contributed by atoms with van der Waals surface area (Å²) in [5.41, 5.74) is 1.15. The standard InChI is InChI=1S/C16H24Cl2N2/c1-2-16(14-7-6-13(17)12-15(14)18)19-8-5-11-20-9-3-4-10-20/h6-7,12,16,19H,2-5,8-11H2,1H3. The summed E-state index contributed by atoms with van der Waals surface area (Å²) in [6.07, 6.45) is 4.96. The van der Waals surface area contributed by atoms with Crippen molar-refractivity contribution in [2.24, 2.45) is 0 Å². The van der Waals surface area contributed by atoms with Crippen LogP contribution >= 0.6 is 23.2 Å². The van der Waals surface area contributed by atoms with Crippen LogP contribution in [-0.2, 0) is 0 Å². The first kappa shape index (κ1) is 16.1. The average molecular weight is 315 g/mol. The number of likely N-dealkylation sites (tertiary alicyclic amines) is 1. The molecule has 0 amide bonds. The van der Waals surface area contributed by atoms with Crippen molar-refractivity contribution in [3.8, 4) is 0 Å². The van der Waals surface area contributed by atoms with Crippen LogP contribution in [0.1, 0.15) is 44.2 Å². The Bertz CT molecular complexity index is 417. The van der Waals surface area contributed by atoms with Crippen LogP contribution in [0.3, 0.4) is 0 Å². The molecule has 1 saturated heterocycles. The minimum Gasteiger partial charge on any atom is -0.310 e. The Morgan fingerprint density at radius 1 is 1.25 bits per heavy atom. The van der Waals surface area contributed by atoms with Gasteiger partial charge in [-0.2, -0.15) is 0 Å². The van der Waals surface area contributed by atoms with Crippen molar-refractivity contribution in [1.29, 1.82) is 0 Å². The van der Waals surface area contributed by atoms with Crippen LogP contribution in [-0.4, -0.2) is 31.1 Å². The van der Waals surface area contributed by atoms with E-state index in [2.05, 4.69) is 17.1 Å². The van der Waals surface area contributed by atoms with E-state index in [4.69, 9.17) is 23.2 Å². The smallest absolute Gasteiger partial charge is 0.0468 e. The van der Waals surface area contributed by atoms with Crippen molar-refractivity contribution in [3.63, 3.8) is 0 Å². The van der Waals surface area contributed by atoms with Gasteiger partial charge in [-0.15, -0.1) is 0 Å². The maximum absolute atomic E-state index is 6.29. The molecule has 2 nitrogen and oxygen atoms in total. The van der Waals surface area contributed by atoms with Crippen LogP contribution in [0.15, 0.2) is 18.2 Å². The molecule has 0 spiro atoms. The average Bonchev–Trinajstić information content (AvgIpc) is 2.93. The summed E-state index contributed by atoms with van der Waals surface area (Å²) in [4.78, 5) is 2.55. The van der Waals surface area contributed by atoms with Gasteiger partial charge in [-0.1, -0.05) is 36.2 Å². The summed E-state index contributed by atoms with van der Waals surface area (Å²) in [6.45, 7) is 6.98. The van der Waals surface area contributed by atoms with Crippen LogP contribution in [0.2, 0.25) is 10.0 Å². The molecule has 1 heterocycles. The highest BCUT2D eigenvalue weighted by molar-refractivity contribution is 6.35. The number of benzene rings is 1. The topological polar surface area (TPSA) is 15.3 Å². The molecule has 0 radical (unpaired) electrons. The van der Waals surface area contributed by atoms with Crippen molar-refractivity contribution in [2.45, 2.75) is 38.6 Å². The summed E-state index contributed by atoms with van der Waals surface area (Å²) < 4.78 is 0. The van der Waals surface area contributed by atoms with Gasteiger partial charge in [0.05, 0.1) is 0 Å². The molecule has 1 aromatic rings. The monoisotopic (exact) mass is 314 g/mol. The summed E-state index contributed by atoms with van der Waals surface area (Å²) in [5, 5.41) is 5.07. The van der Waals surface area contributed by atoms with Gasteiger partial charge < -0.3 is 10.2 Å². The van der Waals surface area contributed by atoms with Crippen LogP contribution in [0.5, 0.6) is 0 Å². The van der Waals surface area contributed by atoms with Crippen LogP contribution in [0.25, 0.3) is 0 Å². The Balaban J connectivity index is 1.79. The fourth-order valence-corrected chi connectivity index (χ4v) is 3.38. The third-order valence-corrected chi connectivity index (χ3v) is 4.55. The van der Waals surface area contributed by atoms with E-state index in [-0.39, 0.29) is 0 Å². The first-order valence-electron chi connectivity index (χ1n) is 7.61. The molecule has 1 aliphatic heterocycles. The first-order valence-corrected chi connectivity index (χ1v) is 8.37. The lowest BCUT2D eigenvalue weighted by Gasteiger charge is -2.20. The zero-order valence-corrected chi connectivity index (χ0v) is 13.7. The zero-order valence-electron chi connectivity index (χ0n) is 12.2. The van der Waals surface area contributed by atoms with Gasteiger partial charge in [0.25, 0.3) is 0 Å². The van der Waals surface area contributed by atoms with E-state index in [0.717, 1.165) is 23.6 Å². The van der Waals surface area contributed by atoms with Crippen molar-refractivity contribution < 1.29 is 0 Å². The Morgan fingerprint density at radius 2 is 2.00 bits per heavy atom. The second-order valence-electron chi connectivity index (χ2n) is 5.48. The molecular formula is C16H24Cl2N2. The van der Waals surface area contributed by atoms with E-state index in [1.165, 1.54) is 38.9 Å². The second-order valence-corrected chi connectivity index (χ2v) is 6.33. The van der Waals surface area contributed by atoms with Crippen molar-refractivity contribution in [1.82, 2.24) is 10.2 Å². The number of hydrogen-bond donors (Lipinski definition) is 1. The normalized spacial score (nSPS) is 17.6. The van der Waals surface area contributed by atoms with Crippen LogP contribution in [0.4, 0.5) is 0 Å². The Kier molecular flexibility index (Phi) is 6.63. The molecule has 0 aromatic heterocycles. The number of nitrogens with zero attached hydrogens (tertiary/aromatic N) is 1. The Labute approximate surface area is 132 Å². The van der Waals surface area contributed by atoms with Crippen LogP contribution in [0, 0.1) is 0 Å². The third kappa shape index (κ3) is 4.63. The quantitative estimate of drug-likeness (QED) is 0.744. The van der Waals surface area contributed by atoms with E-state index in [9.17, 15) is 0 Å². The van der Waals surface area contributed by atoms with E-state index < -0.39 is 0 Å². The van der Waals surface area contributed by atoms with Crippen molar-refractivity contribution in [2.75, 3.05) is 26.2 Å². The molecule has 0 bridgehead atoms. The number of hydrogen-bond acceptors (Lipinski definition) is 2. The van der Waals surface area contributed by atoms with Gasteiger partial charge in [0.2, 0.25) is 0 Å². The SMILES string of the molecule is CCC(NCCCN1CCCC1)c1ccc(Cl)cc1Cl. The molecule has 4 heteroatoms. The Morgan fingerprint density at radius 3 is 2.65 bits per heavy atom.